The van der Waals surface area contributed by atoms with Crippen LogP contribution in [0.5, 0.6) is 5.75 Å². The van der Waals surface area contributed by atoms with E-state index >= 15 is 0 Å². The van der Waals surface area contributed by atoms with Crippen molar-refractivity contribution >= 4 is 35.0 Å². The van der Waals surface area contributed by atoms with Crippen molar-refractivity contribution < 1.29 is 14.3 Å². The quantitative estimate of drug-likeness (QED) is 0.434. The second-order valence-electron chi connectivity index (χ2n) is 8.44. The maximum absolute atomic E-state index is 13.8. The lowest BCUT2D eigenvalue weighted by Gasteiger charge is -2.26. The standard InChI is InChI=1S/C27H27ClN2O4S/c1-5-14-33-21-13-9-6-10-18(21)15-22-25(31)30-24(19-11-7-8-12-20(19)28)23(26(32)34-16(2)3)17(4)29-27(30)35-22/h6-13,15-16,24H,5,14H2,1-4H3. The first kappa shape index (κ1) is 24.9. The summed E-state index contributed by atoms with van der Waals surface area (Å²) in [6, 6.07) is 14.1. The molecule has 6 nitrogen and oxygen atoms in total. The zero-order valence-corrected chi connectivity index (χ0v) is 21.7. The Morgan fingerprint density at radius 1 is 1.20 bits per heavy atom. The molecule has 0 saturated heterocycles. The lowest BCUT2D eigenvalue weighted by molar-refractivity contribution is -0.143. The summed E-state index contributed by atoms with van der Waals surface area (Å²) in [4.78, 5) is 32.0. The number of nitrogens with zero attached hydrogens (tertiary/aromatic N) is 2. The smallest absolute Gasteiger partial charge is 0.338 e. The van der Waals surface area contributed by atoms with Gasteiger partial charge in [0.2, 0.25) is 0 Å². The molecule has 1 aromatic heterocycles. The molecular weight excluding hydrogens is 484 g/mol. The van der Waals surface area contributed by atoms with Crippen molar-refractivity contribution in [2.75, 3.05) is 6.61 Å². The van der Waals surface area contributed by atoms with Crippen LogP contribution in [0.25, 0.3) is 6.08 Å². The van der Waals surface area contributed by atoms with Crippen molar-refractivity contribution in [2.45, 2.75) is 46.3 Å². The van der Waals surface area contributed by atoms with Crippen LogP contribution < -0.4 is 19.6 Å². The molecule has 0 saturated carbocycles. The molecule has 0 N–H and O–H groups in total. The summed E-state index contributed by atoms with van der Waals surface area (Å²) in [5, 5.41) is 0.454. The summed E-state index contributed by atoms with van der Waals surface area (Å²) >= 11 is 7.83. The number of benzene rings is 2. The summed E-state index contributed by atoms with van der Waals surface area (Å²) in [6.45, 7) is 7.95. The minimum absolute atomic E-state index is 0.258. The van der Waals surface area contributed by atoms with E-state index in [0.29, 0.717) is 43.5 Å². The van der Waals surface area contributed by atoms with Crippen LogP contribution in [0.4, 0.5) is 0 Å². The Bertz CT molecular complexity index is 1470. The minimum Gasteiger partial charge on any atom is -0.493 e. The molecule has 0 fully saturated rings. The monoisotopic (exact) mass is 510 g/mol. The van der Waals surface area contributed by atoms with Gasteiger partial charge in [0.1, 0.15) is 11.8 Å². The van der Waals surface area contributed by atoms with Crippen molar-refractivity contribution in [1.82, 2.24) is 4.57 Å². The van der Waals surface area contributed by atoms with Crippen molar-refractivity contribution in [3.8, 4) is 5.75 Å². The lowest BCUT2D eigenvalue weighted by Crippen LogP contribution is -2.40. The molecule has 0 amide bonds. The number of carbonyl (C=O) groups is 1. The Morgan fingerprint density at radius 3 is 2.63 bits per heavy atom. The zero-order chi connectivity index (χ0) is 25.1. The van der Waals surface area contributed by atoms with E-state index in [0.717, 1.165) is 12.0 Å². The number of hydrogen-bond acceptors (Lipinski definition) is 6. The number of hydrogen-bond donors (Lipinski definition) is 0. The number of rotatable bonds is 7. The third kappa shape index (κ3) is 5.11. The van der Waals surface area contributed by atoms with Gasteiger partial charge in [-0.25, -0.2) is 9.79 Å². The maximum atomic E-state index is 13.8. The third-order valence-electron chi connectivity index (χ3n) is 5.45. The normalized spacial score (nSPS) is 15.7. The zero-order valence-electron chi connectivity index (χ0n) is 20.1. The molecule has 0 aliphatic carbocycles. The average molecular weight is 511 g/mol. The number of para-hydroxylation sites is 1. The number of ether oxygens (including phenoxy) is 2. The fourth-order valence-corrected chi connectivity index (χ4v) is 5.21. The summed E-state index contributed by atoms with van der Waals surface area (Å²) < 4.78 is 13.4. The molecule has 35 heavy (non-hydrogen) atoms. The van der Waals surface area contributed by atoms with E-state index < -0.39 is 12.0 Å². The van der Waals surface area contributed by atoms with Gasteiger partial charge in [0.15, 0.2) is 4.80 Å². The summed E-state index contributed by atoms with van der Waals surface area (Å²) in [5.74, 6) is 0.194. The van der Waals surface area contributed by atoms with Crippen LogP contribution in [0, 0.1) is 0 Å². The summed E-state index contributed by atoms with van der Waals surface area (Å²) in [6.07, 6.45) is 2.37. The Morgan fingerprint density at radius 2 is 1.91 bits per heavy atom. The van der Waals surface area contributed by atoms with E-state index in [1.807, 2.05) is 55.5 Å². The van der Waals surface area contributed by atoms with Crippen molar-refractivity contribution in [1.29, 1.82) is 0 Å². The minimum atomic E-state index is -0.750. The van der Waals surface area contributed by atoms with E-state index in [2.05, 4.69) is 4.99 Å². The highest BCUT2D eigenvalue weighted by Crippen LogP contribution is 2.34. The first-order chi connectivity index (χ1) is 16.8. The molecule has 2 heterocycles. The highest BCUT2D eigenvalue weighted by molar-refractivity contribution is 7.07. The predicted octanol–water partition coefficient (Wildman–Crippen LogP) is 4.63. The van der Waals surface area contributed by atoms with E-state index in [-0.39, 0.29) is 11.7 Å². The molecule has 1 atom stereocenters. The van der Waals surface area contributed by atoms with Gasteiger partial charge >= 0.3 is 5.97 Å². The van der Waals surface area contributed by atoms with Crippen LogP contribution in [-0.4, -0.2) is 23.2 Å². The molecule has 182 valence electrons. The summed E-state index contributed by atoms with van der Waals surface area (Å²) in [5.41, 5.74) is 1.98. The van der Waals surface area contributed by atoms with Gasteiger partial charge in [-0.15, -0.1) is 0 Å². The molecule has 1 aliphatic rings. The van der Waals surface area contributed by atoms with E-state index in [4.69, 9.17) is 21.1 Å². The molecule has 3 aromatic rings. The molecule has 8 heteroatoms. The topological polar surface area (TPSA) is 69.9 Å². The van der Waals surface area contributed by atoms with Crippen molar-refractivity contribution in [3.05, 3.63) is 95.6 Å². The van der Waals surface area contributed by atoms with Gasteiger partial charge in [-0.3, -0.25) is 9.36 Å². The van der Waals surface area contributed by atoms with E-state index in [1.54, 1.807) is 26.8 Å². The first-order valence-electron chi connectivity index (χ1n) is 11.5. The first-order valence-corrected chi connectivity index (χ1v) is 12.7. The van der Waals surface area contributed by atoms with Gasteiger partial charge in [0.25, 0.3) is 5.56 Å². The number of allylic oxidation sites excluding steroid dienone is 1. The Hall–Kier alpha value is -3.16. The van der Waals surface area contributed by atoms with Crippen LogP contribution in [0.1, 0.15) is 51.3 Å². The second kappa shape index (κ2) is 10.6. The van der Waals surface area contributed by atoms with E-state index in [1.165, 1.54) is 15.9 Å². The van der Waals surface area contributed by atoms with Gasteiger partial charge in [-0.05, 0) is 51.0 Å². The van der Waals surface area contributed by atoms with Crippen molar-refractivity contribution in [3.63, 3.8) is 0 Å². The van der Waals surface area contributed by atoms with Crippen LogP contribution >= 0.6 is 22.9 Å². The average Bonchev–Trinajstić information content (AvgIpc) is 3.12. The molecule has 1 aliphatic heterocycles. The Labute approximate surface area is 212 Å². The number of halogens is 1. The number of aromatic nitrogens is 1. The van der Waals surface area contributed by atoms with E-state index in [9.17, 15) is 9.59 Å². The van der Waals surface area contributed by atoms with Gasteiger partial charge < -0.3 is 9.47 Å². The molecular formula is C27H27ClN2O4S. The molecule has 4 rings (SSSR count). The van der Waals surface area contributed by atoms with Crippen LogP contribution in [0.15, 0.2) is 69.6 Å². The molecule has 1 unspecified atom stereocenters. The molecule has 2 aromatic carbocycles. The Balaban J connectivity index is 1.93. The number of thiazole rings is 1. The SMILES string of the molecule is CCCOc1ccccc1C=c1sc2n(c1=O)C(c1ccccc1Cl)C(C(=O)OC(C)C)=C(C)N=2. The summed E-state index contributed by atoms with van der Waals surface area (Å²) in [7, 11) is 0. The predicted molar refractivity (Wildman–Crippen MR) is 139 cm³/mol. The highest BCUT2D eigenvalue weighted by atomic mass is 35.5. The molecule has 0 bridgehead atoms. The second-order valence-corrected chi connectivity index (χ2v) is 9.86. The highest BCUT2D eigenvalue weighted by Gasteiger charge is 2.34. The van der Waals surface area contributed by atoms with Crippen LogP contribution in [0.2, 0.25) is 5.02 Å². The largest absolute Gasteiger partial charge is 0.493 e. The fourth-order valence-electron chi connectivity index (χ4n) is 3.94. The van der Waals surface area contributed by atoms with Gasteiger partial charge in [0.05, 0.1) is 28.5 Å². The number of carbonyl (C=O) groups excluding carboxylic acids is 1. The van der Waals surface area contributed by atoms with Crippen LogP contribution in [-0.2, 0) is 9.53 Å². The number of esters is 1. The lowest BCUT2D eigenvalue weighted by atomic mass is 9.96. The van der Waals surface area contributed by atoms with Gasteiger partial charge in [0, 0.05) is 10.6 Å². The van der Waals surface area contributed by atoms with Crippen LogP contribution in [0.3, 0.4) is 0 Å². The van der Waals surface area contributed by atoms with Gasteiger partial charge in [-0.2, -0.15) is 0 Å². The Kier molecular flexibility index (Phi) is 7.57. The fraction of sp³-hybridized carbons (Fsp3) is 0.296. The molecule has 0 radical (unpaired) electrons. The third-order valence-corrected chi connectivity index (χ3v) is 6.78. The maximum Gasteiger partial charge on any atom is 0.338 e. The van der Waals surface area contributed by atoms with Gasteiger partial charge in [-0.1, -0.05) is 66.3 Å². The number of fused-ring (bicyclic) bond motifs is 1. The molecule has 0 spiro atoms. The van der Waals surface area contributed by atoms with Crippen molar-refractivity contribution in [2.24, 2.45) is 4.99 Å².